The van der Waals surface area contributed by atoms with Crippen molar-refractivity contribution in [3.63, 3.8) is 0 Å². The molecule has 21 heavy (non-hydrogen) atoms. The summed E-state index contributed by atoms with van der Waals surface area (Å²) in [5.74, 6) is 0.658. The first-order valence-corrected chi connectivity index (χ1v) is 6.70. The fraction of sp³-hybridized carbons (Fsp3) is 0.462. The fourth-order valence-electron chi connectivity index (χ4n) is 2.56. The maximum atomic E-state index is 12.0. The van der Waals surface area contributed by atoms with Crippen LogP contribution in [0.3, 0.4) is 0 Å². The van der Waals surface area contributed by atoms with E-state index in [1.807, 2.05) is 17.7 Å². The third-order valence-corrected chi connectivity index (χ3v) is 3.65. The van der Waals surface area contributed by atoms with Crippen molar-refractivity contribution >= 4 is 16.9 Å². The van der Waals surface area contributed by atoms with Gasteiger partial charge in [-0.1, -0.05) is 0 Å². The van der Waals surface area contributed by atoms with Gasteiger partial charge in [-0.2, -0.15) is 4.98 Å². The highest BCUT2D eigenvalue weighted by Gasteiger charge is 2.16. The van der Waals surface area contributed by atoms with E-state index in [-0.39, 0.29) is 0 Å². The van der Waals surface area contributed by atoms with Crippen molar-refractivity contribution < 1.29 is 4.74 Å². The number of fused-ring (bicyclic) bond motifs is 3. The number of aryl methyl sites for hydroxylation is 3. The molecule has 0 atom stereocenters. The van der Waals surface area contributed by atoms with E-state index < -0.39 is 11.2 Å². The van der Waals surface area contributed by atoms with Crippen LogP contribution in [0.1, 0.15) is 12.1 Å². The molecule has 3 aromatic heterocycles. The van der Waals surface area contributed by atoms with Crippen LogP contribution in [0.2, 0.25) is 0 Å². The highest BCUT2D eigenvalue weighted by molar-refractivity contribution is 5.75. The molecule has 3 rings (SSSR count). The van der Waals surface area contributed by atoms with Crippen LogP contribution in [0.25, 0.3) is 16.9 Å². The molecule has 0 amide bonds. The normalized spacial score (nSPS) is 11.8. The van der Waals surface area contributed by atoms with E-state index in [2.05, 4.69) is 9.97 Å². The van der Waals surface area contributed by atoms with E-state index in [1.54, 1.807) is 18.6 Å². The van der Waals surface area contributed by atoms with Gasteiger partial charge >= 0.3 is 5.69 Å². The molecule has 0 saturated heterocycles. The van der Waals surface area contributed by atoms with Gasteiger partial charge in [-0.25, -0.2) is 4.79 Å². The van der Waals surface area contributed by atoms with Crippen molar-refractivity contribution in [2.24, 2.45) is 7.05 Å². The quantitative estimate of drug-likeness (QED) is 0.687. The molecule has 0 spiro atoms. The predicted octanol–water partition coefficient (Wildman–Crippen LogP) is 0.0209. The van der Waals surface area contributed by atoms with Gasteiger partial charge in [-0.15, -0.1) is 0 Å². The zero-order chi connectivity index (χ0) is 15.1. The van der Waals surface area contributed by atoms with Crippen LogP contribution in [-0.2, 0) is 18.3 Å². The van der Waals surface area contributed by atoms with E-state index in [4.69, 9.17) is 4.74 Å². The minimum absolute atomic E-state index is 0.388. The van der Waals surface area contributed by atoms with Crippen LogP contribution in [0.5, 0.6) is 0 Å². The number of methoxy groups -OCH3 is 1. The van der Waals surface area contributed by atoms with Gasteiger partial charge in [0.2, 0.25) is 5.78 Å². The van der Waals surface area contributed by atoms with Gasteiger partial charge in [0.05, 0.1) is 0 Å². The second-order valence-corrected chi connectivity index (χ2v) is 5.04. The van der Waals surface area contributed by atoms with Crippen LogP contribution in [0.15, 0.2) is 15.8 Å². The van der Waals surface area contributed by atoms with Crippen LogP contribution >= 0.6 is 0 Å². The molecule has 0 fully saturated rings. The number of nitrogens with zero attached hydrogens (tertiary/aromatic N) is 4. The van der Waals surface area contributed by atoms with Gasteiger partial charge < -0.3 is 9.30 Å². The number of ether oxygens (including phenoxy) is 1. The minimum atomic E-state index is -0.462. The zero-order valence-corrected chi connectivity index (χ0v) is 12.2. The van der Waals surface area contributed by atoms with E-state index in [9.17, 15) is 9.59 Å². The molecule has 1 N–H and O–H groups in total. The Morgan fingerprint density at radius 2 is 2.14 bits per heavy atom. The summed E-state index contributed by atoms with van der Waals surface area (Å²) in [7, 11) is 3.26. The third-order valence-electron chi connectivity index (χ3n) is 3.65. The Hall–Kier alpha value is -2.35. The topological polar surface area (TPSA) is 86.3 Å². The molecule has 0 aromatic carbocycles. The standard InChI is InChI=1S/C13H17N5O3/c1-8-7-18-9-10(16(2)13(20)15-11(9)19)14-12(18)17(8)5-4-6-21-3/h7H,4-6H2,1-3H3,(H,15,19,20). The Morgan fingerprint density at radius 3 is 2.86 bits per heavy atom. The first-order valence-electron chi connectivity index (χ1n) is 6.70. The van der Waals surface area contributed by atoms with E-state index in [1.165, 1.54) is 4.57 Å². The number of imidazole rings is 2. The summed E-state index contributed by atoms with van der Waals surface area (Å²) in [5.41, 5.74) is 0.897. The summed E-state index contributed by atoms with van der Waals surface area (Å²) >= 11 is 0. The maximum absolute atomic E-state index is 12.0. The summed E-state index contributed by atoms with van der Waals surface area (Å²) < 4.78 is 10.2. The molecule has 8 heteroatoms. The second-order valence-electron chi connectivity index (χ2n) is 5.04. The SMILES string of the molecule is COCCCn1c(C)cn2c3c(=O)[nH]c(=O)n(C)c3nc12. The molecule has 0 aliphatic rings. The molecule has 0 bridgehead atoms. The molecular weight excluding hydrogens is 274 g/mol. The molecule has 0 saturated carbocycles. The Morgan fingerprint density at radius 1 is 1.38 bits per heavy atom. The van der Waals surface area contributed by atoms with Crippen molar-refractivity contribution in [2.75, 3.05) is 13.7 Å². The highest BCUT2D eigenvalue weighted by Crippen LogP contribution is 2.16. The van der Waals surface area contributed by atoms with Gasteiger partial charge in [0.1, 0.15) is 0 Å². The van der Waals surface area contributed by atoms with Gasteiger partial charge in [-0.3, -0.25) is 18.7 Å². The molecule has 8 nitrogen and oxygen atoms in total. The number of nitrogens with one attached hydrogen (secondary N) is 1. The molecule has 3 aromatic rings. The lowest BCUT2D eigenvalue weighted by atomic mass is 10.4. The Kier molecular flexibility index (Phi) is 3.17. The average Bonchev–Trinajstić information content (AvgIpc) is 2.93. The Bertz CT molecular complexity index is 927. The first kappa shape index (κ1) is 13.6. The highest BCUT2D eigenvalue weighted by atomic mass is 16.5. The van der Waals surface area contributed by atoms with Crippen LogP contribution in [0, 0.1) is 6.92 Å². The van der Waals surface area contributed by atoms with Gasteiger partial charge in [0, 0.05) is 39.2 Å². The third kappa shape index (κ3) is 1.99. The monoisotopic (exact) mass is 291 g/mol. The summed E-state index contributed by atoms with van der Waals surface area (Å²) in [4.78, 5) is 30.5. The maximum Gasteiger partial charge on any atom is 0.329 e. The van der Waals surface area contributed by atoms with Crippen molar-refractivity contribution in [2.45, 2.75) is 19.9 Å². The summed E-state index contributed by atoms with van der Waals surface area (Å²) in [6.45, 7) is 3.36. The van der Waals surface area contributed by atoms with Crippen molar-refractivity contribution in [1.82, 2.24) is 23.5 Å². The zero-order valence-electron chi connectivity index (χ0n) is 12.2. The lowest BCUT2D eigenvalue weighted by Gasteiger charge is -2.04. The molecule has 0 aliphatic heterocycles. The number of aromatic nitrogens is 5. The van der Waals surface area contributed by atoms with Crippen molar-refractivity contribution in [3.8, 4) is 0 Å². The number of H-pyrrole nitrogens is 1. The first-order chi connectivity index (χ1) is 10.0. The minimum Gasteiger partial charge on any atom is -0.385 e. The van der Waals surface area contributed by atoms with Crippen LogP contribution in [-0.4, -0.2) is 37.2 Å². The van der Waals surface area contributed by atoms with Crippen LogP contribution in [0.4, 0.5) is 0 Å². The number of hydrogen-bond donors (Lipinski definition) is 1. The number of hydrogen-bond acceptors (Lipinski definition) is 4. The number of aromatic amines is 1. The summed E-state index contributed by atoms with van der Waals surface area (Å²) in [5, 5.41) is 0. The fourth-order valence-corrected chi connectivity index (χ4v) is 2.56. The average molecular weight is 291 g/mol. The van der Waals surface area contributed by atoms with Crippen molar-refractivity contribution in [1.29, 1.82) is 0 Å². The lowest BCUT2D eigenvalue weighted by molar-refractivity contribution is 0.190. The van der Waals surface area contributed by atoms with Gasteiger partial charge in [0.25, 0.3) is 5.56 Å². The number of rotatable bonds is 4. The van der Waals surface area contributed by atoms with E-state index >= 15 is 0 Å². The molecule has 0 unspecified atom stereocenters. The predicted molar refractivity (Wildman–Crippen MR) is 77.8 cm³/mol. The summed E-state index contributed by atoms with van der Waals surface area (Å²) in [6, 6.07) is 0. The van der Waals surface area contributed by atoms with Crippen molar-refractivity contribution in [3.05, 3.63) is 32.7 Å². The molecule has 0 aliphatic carbocycles. The van der Waals surface area contributed by atoms with Gasteiger partial charge in [0.15, 0.2) is 11.2 Å². The summed E-state index contributed by atoms with van der Waals surface area (Å²) in [6.07, 6.45) is 2.71. The molecule has 3 heterocycles. The van der Waals surface area contributed by atoms with E-state index in [0.717, 1.165) is 18.7 Å². The smallest absolute Gasteiger partial charge is 0.329 e. The molecule has 0 radical (unpaired) electrons. The molecule has 112 valence electrons. The van der Waals surface area contributed by atoms with Crippen LogP contribution < -0.4 is 11.2 Å². The largest absolute Gasteiger partial charge is 0.385 e. The Labute approximate surface area is 119 Å². The van der Waals surface area contributed by atoms with E-state index in [0.29, 0.717) is 23.5 Å². The second kappa shape index (κ2) is 4.88. The lowest BCUT2D eigenvalue weighted by Crippen LogP contribution is -2.28. The molecular formula is C13H17N5O3. The van der Waals surface area contributed by atoms with Gasteiger partial charge in [-0.05, 0) is 13.3 Å². The Balaban J connectivity index is 2.28.